The van der Waals surface area contributed by atoms with Crippen LogP contribution in [0, 0.1) is 11.3 Å². The van der Waals surface area contributed by atoms with Crippen LogP contribution in [0.15, 0.2) is 36.4 Å². The minimum absolute atomic E-state index is 0.00855. The molecule has 4 rings (SSSR count). The molecule has 1 heterocycles. The molecular formula is C25H28N4O3S. The third kappa shape index (κ3) is 4.92. The molecule has 0 spiro atoms. The average Bonchev–Trinajstić information content (AvgIpc) is 3.46. The number of rotatable bonds is 9. The zero-order valence-corrected chi connectivity index (χ0v) is 19.7. The molecule has 8 heteroatoms. The van der Waals surface area contributed by atoms with Crippen LogP contribution in [-0.4, -0.2) is 56.9 Å². The molecule has 0 bridgehead atoms. The SMILES string of the molecule is CC(C)Oc1ccc(-c2nc(-c3cccc4c3CC[C@H]4N(CCO)CCO)ns2)cc1C#N. The van der Waals surface area contributed by atoms with E-state index in [1.165, 1.54) is 22.7 Å². The van der Waals surface area contributed by atoms with E-state index in [9.17, 15) is 15.5 Å². The van der Waals surface area contributed by atoms with Crippen molar-refractivity contribution in [3.8, 4) is 33.8 Å². The van der Waals surface area contributed by atoms with Gasteiger partial charge in [-0.3, -0.25) is 4.90 Å². The maximum atomic E-state index is 9.54. The van der Waals surface area contributed by atoms with Crippen LogP contribution in [-0.2, 0) is 6.42 Å². The van der Waals surface area contributed by atoms with Crippen molar-refractivity contribution in [1.29, 1.82) is 5.26 Å². The number of aromatic nitrogens is 2. The van der Waals surface area contributed by atoms with E-state index in [0.29, 0.717) is 30.2 Å². The Morgan fingerprint density at radius 3 is 2.70 bits per heavy atom. The van der Waals surface area contributed by atoms with Crippen molar-refractivity contribution >= 4 is 11.5 Å². The highest BCUT2D eigenvalue weighted by Crippen LogP contribution is 2.40. The first-order valence-electron chi connectivity index (χ1n) is 11.2. The lowest BCUT2D eigenvalue weighted by atomic mass is 10.0. The van der Waals surface area contributed by atoms with Gasteiger partial charge in [-0.15, -0.1) is 0 Å². The number of nitriles is 1. The standard InChI is InChI=1S/C25H28N4O3S/c1-16(2)32-23-9-6-17(14-18(23)15-26)25-27-24(28-33-25)21-5-3-4-20-19(21)7-8-22(20)29(10-12-30)11-13-31/h3-6,9,14,16,22,30-31H,7-8,10-13H2,1-2H3/t22-/m1/s1. The van der Waals surface area contributed by atoms with E-state index < -0.39 is 0 Å². The predicted octanol–water partition coefficient (Wildman–Crippen LogP) is 3.80. The minimum atomic E-state index is -0.00855. The first kappa shape index (κ1) is 23.3. The fourth-order valence-corrected chi connectivity index (χ4v) is 5.13. The molecule has 2 aromatic carbocycles. The Balaban J connectivity index is 1.64. The van der Waals surface area contributed by atoms with Crippen molar-refractivity contribution < 1.29 is 14.9 Å². The Hall–Kier alpha value is -2.83. The normalized spacial score (nSPS) is 15.1. The summed E-state index contributed by atoms with van der Waals surface area (Å²) in [6.07, 6.45) is 1.83. The third-order valence-electron chi connectivity index (χ3n) is 5.83. The highest BCUT2D eigenvalue weighted by Gasteiger charge is 2.30. The zero-order valence-electron chi connectivity index (χ0n) is 18.9. The summed E-state index contributed by atoms with van der Waals surface area (Å²) in [4.78, 5) is 6.94. The van der Waals surface area contributed by atoms with Gasteiger partial charge >= 0.3 is 0 Å². The maximum absolute atomic E-state index is 9.54. The van der Waals surface area contributed by atoms with E-state index in [1.807, 2.05) is 32.0 Å². The lowest BCUT2D eigenvalue weighted by Crippen LogP contribution is -2.32. The molecule has 7 nitrogen and oxygen atoms in total. The van der Waals surface area contributed by atoms with Crippen LogP contribution in [0.5, 0.6) is 5.75 Å². The number of fused-ring (bicyclic) bond motifs is 1. The van der Waals surface area contributed by atoms with E-state index >= 15 is 0 Å². The van der Waals surface area contributed by atoms with E-state index in [0.717, 1.165) is 29.0 Å². The Morgan fingerprint density at radius 1 is 1.21 bits per heavy atom. The van der Waals surface area contributed by atoms with Gasteiger partial charge in [0.05, 0.1) is 24.9 Å². The van der Waals surface area contributed by atoms with E-state index in [4.69, 9.17) is 9.72 Å². The summed E-state index contributed by atoms with van der Waals surface area (Å²) >= 11 is 1.32. The van der Waals surface area contributed by atoms with Crippen molar-refractivity contribution in [2.45, 2.75) is 38.8 Å². The van der Waals surface area contributed by atoms with Crippen LogP contribution >= 0.6 is 11.5 Å². The van der Waals surface area contributed by atoms with Crippen molar-refractivity contribution in [3.63, 3.8) is 0 Å². The quantitative estimate of drug-likeness (QED) is 0.496. The van der Waals surface area contributed by atoms with Crippen molar-refractivity contribution in [3.05, 3.63) is 53.1 Å². The van der Waals surface area contributed by atoms with Crippen LogP contribution in [0.4, 0.5) is 0 Å². The van der Waals surface area contributed by atoms with Crippen LogP contribution in [0.2, 0.25) is 0 Å². The molecule has 0 saturated heterocycles. The van der Waals surface area contributed by atoms with Gasteiger partial charge in [0.2, 0.25) is 0 Å². The summed E-state index contributed by atoms with van der Waals surface area (Å²) < 4.78 is 10.4. The number of aliphatic hydroxyl groups is 2. The smallest absolute Gasteiger partial charge is 0.173 e. The molecule has 0 unspecified atom stereocenters. The van der Waals surface area contributed by atoms with E-state index in [-0.39, 0.29) is 25.4 Å². The van der Waals surface area contributed by atoms with Crippen LogP contribution in [0.25, 0.3) is 22.0 Å². The number of benzene rings is 2. The number of hydrogen-bond donors (Lipinski definition) is 2. The molecule has 0 amide bonds. The van der Waals surface area contributed by atoms with Crippen molar-refractivity contribution in [1.82, 2.24) is 14.3 Å². The third-order valence-corrected chi connectivity index (χ3v) is 6.59. The lowest BCUT2D eigenvalue weighted by Gasteiger charge is -2.28. The summed E-state index contributed by atoms with van der Waals surface area (Å²) in [5, 5.41) is 29.2. The summed E-state index contributed by atoms with van der Waals surface area (Å²) in [5.41, 5.74) is 4.78. The second-order valence-electron chi connectivity index (χ2n) is 8.32. The fourth-order valence-electron chi connectivity index (χ4n) is 4.46. The second-order valence-corrected chi connectivity index (χ2v) is 9.08. The molecule has 1 aromatic heterocycles. The minimum Gasteiger partial charge on any atom is -0.490 e. The van der Waals surface area contributed by atoms with Crippen LogP contribution in [0.1, 0.15) is 43.0 Å². The Labute approximate surface area is 198 Å². The molecule has 3 aromatic rings. The van der Waals surface area contributed by atoms with Crippen molar-refractivity contribution in [2.24, 2.45) is 0 Å². The van der Waals surface area contributed by atoms with Gasteiger partial charge < -0.3 is 14.9 Å². The molecule has 0 radical (unpaired) electrons. The highest BCUT2D eigenvalue weighted by molar-refractivity contribution is 7.09. The maximum Gasteiger partial charge on any atom is 0.173 e. The molecule has 0 saturated carbocycles. The van der Waals surface area contributed by atoms with E-state index in [1.54, 1.807) is 6.07 Å². The van der Waals surface area contributed by atoms with Gasteiger partial charge in [-0.25, -0.2) is 4.98 Å². The first-order chi connectivity index (χ1) is 16.0. The van der Waals surface area contributed by atoms with Crippen molar-refractivity contribution in [2.75, 3.05) is 26.3 Å². The lowest BCUT2D eigenvalue weighted by molar-refractivity contribution is 0.121. The summed E-state index contributed by atoms with van der Waals surface area (Å²) in [5.74, 6) is 1.26. The largest absolute Gasteiger partial charge is 0.490 e. The van der Waals surface area contributed by atoms with Gasteiger partial charge in [0.15, 0.2) is 5.82 Å². The van der Waals surface area contributed by atoms with Crippen LogP contribution < -0.4 is 4.74 Å². The molecule has 0 fully saturated rings. The second kappa shape index (κ2) is 10.4. The molecular weight excluding hydrogens is 436 g/mol. The summed E-state index contributed by atoms with van der Waals surface area (Å²) in [6, 6.07) is 14.1. The Morgan fingerprint density at radius 2 is 2.00 bits per heavy atom. The molecule has 33 heavy (non-hydrogen) atoms. The highest BCUT2D eigenvalue weighted by atomic mass is 32.1. The summed E-state index contributed by atoms with van der Waals surface area (Å²) in [6.45, 7) is 5.06. The number of hydrogen-bond acceptors (Lipinski definition) is 8. The predicted molar refractivity (Wildman–Crippen MR) is 128 cm³/mol. The van der Waals surface area contributed by atoms with Gasteiger partial charge in [0, 0.05) is 30.3 Å². The van der Waals surface area contributed by atoms with E-state index in [2.05, 4.69) is 27.5 Å². The molecule has 172 valence electrons. The Kier molecular flexibility index (Phi) is 7.36. The molecule has 1 aliphatic rings. The molecule has 1 atom stereocenters. The van der Waals surface area contributed by atoms with Gasteiger partial charge in [-0.1, -0.05) is 18.2 Å². The number of ether oxygens (including phenoxy) is 1. The van der Waals surface area contributed by atoms with Gasteiger partial charge in [0.25, 0.3) is 0 Å². The monoisotopic (exact) mass is 464 g/mol. The van der Waals surface area contributed by atoms with Gasteiger partial charge in [0.1, 0.15) is 16.8 Å². The van der Waals surface area contributed by atoms with Crippen LogP contribution in [0.3, 0.4) is 0 Å². The van der Waals surface area contributed by atoms with Gasteiger partial charge in [-0.05, 0) is 67.5 Å². The summed E-state index contributed by atoms with van der Waals surface area (Å²) in [7, 11) is 0. The molecule has 1 aliphatic carbocycles. The number of aliphatic hydroxyl groups excluding tert-OH is 2. The number of nitrogens with zero attached hydrogens (tertiary/aromatic N) is 4. The Bertz CT molecular complexity index is 1150. The first-order valence-corrected chi connectivity index (χ1v) is 12.0. The molecule has 0 aliphatic heterocycles. The average molecular weight is 465 g/mol. The topological polar surface area (TPSA) is 102 Å². The zero-order chi connectivity index (χ0) is 23.4. The molecule has 2 N–H and O–H groups in total. The van der Waals surface area contributed by atoms with Gasteiger partial charge in [-0.2, -0.15) is 9.64 Å². The fraction of sp³-hybridized carbons (Fsp3) is 0.400.